The largest absolute Gasteiger partial charge is 0.497 e. The lowest BCUT2D eigenvalue weighted by Gasteiger charge is -2.23. The normalized spacial score (nSPS) is 12.6. The molecule has 6 heteroatoms. The fourth-order valence-corrected chi connectivity index (χ4v) is 2.28. The van der Waals surface area contributed by atoms with Crippen molar-refractivity contribution < 1.29 is 23.8 Å². The van der Waals surface area contributed by atoms with Crippen molar-refractivity contribution in [1.29, 1.82) is 0 Å². The minimum atomic E-state index is -0.922. The molecule has 0 aliphatic carbocycles. The van der Waals surface area contributed by atoms with Gasteiger partial charge >= 0.3 is 5.97 Å². The number of para-hydroxylation sites is 1. The van der Waals surface area contributed by atoms with Crippen LogP contribution in [-0.2, 0) is 14.3 Å². The molecule has 2 rings (SSSR count). The average Bonchev–Trinajstić information content (AvgIpc) is 2.67. The molecule has 0 saturated carbocycles. The molecule has 138 valence electrons. The van der Waals surface area contributed by atoms with E-state index in [0.29, 0.717) is 11.5 Å². The van der Waals surface area contributed by atoms with Crippen LogP contribution in [0.5, 0.6) is 11.5 Å². The summed E-state index contributed by atoms with van der Waals surface area (Å²) in [5.41, 5.74) is 0.725. The van der Waals surface area contributed by atoms with Crippen LogP contribution in [0.2, 0.25) is 0 Å². The zero-order chi connectivity index (χ0) is 19.1. The minimum Gasteiger partial charge on any atom is -0.497 e. The van der Waals surface area contributed by atoms with Gasteiger partial charge in [-0.1, -0.05) is 18.2 Å². The number of hydrogen-bond acceptors (Lipinski definition) is 5. The van der Waals surface area contributed by atoms with Gasteiger partial charge in [0.1, 0.15) is 11.5 Å². The summed E-state index contributed by atoms with van der Waals surface area (Å²) >= 11 is 0. The highest BCUT2D eigenvalue weighted by Crippen LogP contribution is 2.19. The van der Waals surface area contributed by atoms with Crippen molar-refractivity contribution >= 4 is 17.6 Å². The summed E-state index contributed by atoms with van der Waals surface area (Å²) in [6.45, 7) is 3.12. The van der Waals surface area contributed by atoms with Gasteiger partial charge in [-0.15, -0.1) is 0 Å². The van der Waals surface area contributed by atoms with Gasteiger partial charge in [0.05, 0.1) is 7.11 Å². The van der Waals surface area contributed by atoms with E-state index in [1.165, 1.54) is 4.90 Å². The predicted octanol–water partition coefficient (Wildman–Crippen LogP) is 3.06. The monoisotopic (exact) mass is 357 g/mol. The Morgan fingerprint density at radius 3 is 2.04 bits per heavy atom. The molecule has 0 saturated heterocycles. The van der Waals surface area contributed by atoms with E-state index in [1.807, 2.05) is 30.3 Å². The Kier molecular flexibility index (Phi) is 6.60. The van der Waals surface area contributed by atoms with E-state index in [9.17, 15) is 9.59 Å². The minimum absolute atomic E-state index is 0.318. The van der Waals surface area contributed by atoms with Gasteiger partial charge in [0, 0.05) is 12.7 Å². The number of esters is 1. The van der Waals surface area contributed by atoms with Crippen LogP contribution in [0.3, 0.4) is 0 Å². The molecule has 26 heavy (non-hydrogen) atoms. The number of rotatable bonds is 7. The van der Waals surface area contributed by atoms with Crippen molar-refractivity contribution in [3.05, 3.63) is 54.6 Å². The average molecular weight is 357 g/mol. The van der Waals surface area contributed by atoms with Crippen LogP contribution >= 0.6 is 0 Å². The highest BCUT2D eigenvalue weighted by atomic mass is 16.6. The first-order valence-corrected chi connectivity index (χ1v) is 8.26. The Balaban J connectivity index is 1.91. The molecule has 0 bridgehead atoms. The molecule has 0 heterocycles. The van der Waals surface area contributed by atoms with E-state index >= 15 is 0 Å². The lowest BCUT2D eigenvalue weighted by Crippen LogP contribution is -2.39. The maximum Gasteiger partial charge on any atom is 0.347 e. The third-order valence-corrected chi connectivity index (χ3v) is 3.82. The van der Waals surface area contributed by atoms with Crippen molar-refractivity contribution in [2.24, 2.45) is 0 Å². The smallest absolute Gasteiger partial charge is 0.347 e. The van der Waals surface area contributed by atoms with Gasteiger partial charge in [0.25, 0.3) is 5.91 Å². The Morgan fingerprint density at radius 1 is 0.885 bits per heavy atom. The van der Waals surface area contributed by atoms with Crippen molar-refractivity contribution in [3.63, 3.8) is 0 Å². The molecule has 2 aromatic rings. The van der Waals surface area contributed by atoms with Gasteiger partial charge in [-0.3, -0.25) is 4.79 Å². The number of methoxy groups -OCH3 is 1. The van der Waals surface area contributed by atoms with Crippen LogP contribution in [0.1, 0.15) is 13.8 Å². The zero-order valence-electron chi connectivity index (χ0n) is 15.3. The third kappa shape index (κ3) is 4.99. The summed E-state index contributed by atoms with van der Waals surface area (Å²) in [6, 6.07) is 16.0. The number of hydrogen-bond donors (Lipinski definition) is 0. The first-order chi connectivity index (χ1) is 12.4. The van der Waals surface area contributed by atoms with Crippen LogP contribution in [0.25, 0.3) is 0 Å². The second-order valence-corrected chi connectivity index (χ2v) is 5.75. The van der Waals surface area contributed by atoms with Crippen LogP contribution in [0.15, 0.2) is 54.6 Å². The fraction of sp³-hybridized carbons (Fsp3) is 0.300. The van der Waals surface area contributed by atoms with Crippen molar-refractivity contribution in [1.82, 2.24) is 0 Å². The molecule has 0 aliphatic heterocycles. The van der Waals surface area contributed by atoms with E-state index in [0.717, 1.165) is 5.69 Å². The third-order valence-electron chi connectivity index (χ3n) is 3.82. The fourth-order valence-electron chi connectivity index (χ4n) is 2.28. The summed E-state index contributed by atoms with van der Waals surface area (Å²) < 4.78 is 15.9. The molecule has 0 aliphatic rings. The number of carbonyl (C=O) groups excluding carboxylic acids is 2. The molecule has 2 atom stereocenters. The number of likely N-dealkylation sites (N-methyl/N-ethyl adjacent to an activating group) is 1. The Bertz CT molecular complexity index is 730. The summed E-state index contributed by atoms with van der Waals surface area (Å²) in [6.07, 6.45) is -1.77. The molecule has 0 aromatic heterocycles. The van der Waals surface area contributed by atoms with E-state index in [1.54, 1.807) is 52.3 Å². The molecule has 0 fully saturated rings. The van der Waals surface area contributed by atoms with E-state index < -0.39 is 18.2 Å². The van der Waals surface area contributed by atoms with Crippen LogP contribution in [-0.4, -0.2) is 38.2 Å². The number of anilines is 1. The number of ether oxygens (including phenoxy) is 3. The summed E-state index contributed by atoms with van der Waals surface area (Å²) in [5.74, 6) is 0.274. The zero-order valence-corrected chi connectivity index (χ0v) is 15.3. The topological polar surface area (TPSA) is 65.1 Å². The van der Waals surface area contributed by atoms with Crippen LogP contribution in [0, 0.1) is 0 Å². The highest BCUT2D eigenvalue weighted by Gasteiger charge is 2.25. The van der Waals surface area contributed by atoms with Crippen molar-refractivity contribution in [3.8, 4) is 11.5 Å². The van der Waals surface area contributed by atoms with Crippen LogP contribution < -0.4 is 14.4 Å². The molecule has 0 radical (unpaired) electrons. The SMILES string of the molecule is COc1ccc(OC(C)C(=O)OC(C)C(=O)N(C)c2ccccc2)cc1. The predicted molar refractivity (Wildman–Crippen MR) is 98.5 cm³/mol. The second kappa shape index (κ2) is 8.89. The van der Waals surface area contributed by atoms with E-state index in [2.05, 4.69) is 0 Å². The maximum atomic E-state index is 12.4. The highest BCUT2D eigenvalue weighted by molar-refractivity contribution is 5.97. The first-order valence-electron chi connectivity index (χ1n) is 8.26. The van der Waals surface area contributed by atoms with Gasteiger partial charge in [-0.2, -0.15) is 0 Å². The molecule has 0 N–H and O–H groups in total. The Hall–Kier alpha value is -3.02. The molecule has 6 nitrogen and oxygen atoms in total. The van der Waals surface area contributed by atoms with Gasteiger partial charge in [0.2, 0.25) is 0 Å². The van der Waals surface area contributed by atoms with Crippen LogP contribution in [0.4, 0.5) is 5.69 Å². The van der Waals surface area contributed by atoms with E-state index in [4.69, 9.17) is 14.2 Å². The number of carbonyl (C=O) groups is 2. The molecule has 2 aromatic carbocycles. The maximum absolute atomic E-state index is 12.4. The van der Waals surface area contributed by atoms with Gasteiger partial charge in [0.15, 0.2) is 12.2 Å². The Morgan fingerprint density at radius 2 is 1.46 bits per heavy atom. The molecular weight excluding hydrogens is 334 g/mol. The van der Waals surface area contributed by atoms with Gasteiger partial charge < -0.3 is 19.1 Å². The number of amides is 1. The lowest BCUT2D eigenvalue weighted by atomic mass is 10.2. The summed E-state index contributed by atoms with van der Waals surface area (Å²) in [5, 5.41) is 0. The summed E-state index contributed by atoms with van der Waals surface area (Å²) in [4.78, 5) is 26.1. The molecule has 2 unspecified atom stereocenters. The first kappa shape index (κ1) is 19.3. The molecular formula is C20H23NO5. The van der Waals surface area contributed by atoms with Crippen molar-refractivity contribution in [2.75, 3.05) is 19.1 Å². The number of benzene rings is 2. The summed E-state index contributed by atoms with van der Waals surface area (Å²) in [7, 11) is 3.21. The number of nitrogens with zero attached hydrogens (tertiary/aromatic N) is 1. The Labute approximate surface area is 153 Å². The standard InChI is InChI=1S/C20H23NO5/c1-14(19(22)21(3)16-8-6-5-7-9-16)26-20(23)15(2)25-18-12-10-17(24-4)11-13-18/h5-15H,1-4H3. The quantitative estimate of drug-likeness (QED) is 0.713. The van der Waals surface area contributed by atoms with Gasteiger partial charge in [-0.25, -0.2) is 4.79 Å². The van der Waals surface area contributed by atoms with Crippen molar-refractivity contribution in [2.45, 2.75) is 26.1 Å². The van der Waals surface area contributed by atoms with Gasteiger partial charge in [-0.05, 0) is 50.2 Å². The molecule has 0 spiro atoms. The van der Waals surface area contributed by atoms with E-state index in [-0.39, 0.29) is 5.91 Å². The second-order valence-electron chi connectivity index (χ2n) is 5.75. The molecule has 1 amide bonds. The lowest BCUT2D eigenvalue weighted by molar-refractivity contribution is -0.160.